The third kappa shape index (κ3) is 4.44. The maximum absolute atomic E-state index is 15.1. The van der Waals surface area contributed by atoms with E-state index < -0.39 is 40.4 Å². The number of hydrogen-bond acceptors (Lipinski definition) is 6. The molecule has 2 N–H and O–H groups in total. The van der Waals surface area contributed by atoms with Crippen molar-refractivity contribution < 1.29 is 18.0 Å². The zero-order chi connectivity index (χ0) is 26.8. The number of hydrogen-bond donors (Lipinski definition) is 1. The minimum absolute atomic E-state index is 0.0359. The van der Waals surface area contributed by atoms with Gasteiger partial charge in [0.15, 0.2) is 28.1 Å². The fourth-order valence-electron chi connectivity index (χ4n) is 3.65. The van der Waals surface area contributed by atoms with Crippen molar-refractivity contribution in [2.24, 2.45) is 0 Å². The van der Waals surface area contributed by atoms with Crippen LogP contribution in [0.1, 0.15) is 47.8 Å². The molecule has 1 fully saturated rings. The molecule has 0 bridgehead atoms. The Hall–Kier alpha value is -2.20. The van der Waals surface area contributed by atoms with Crippen LogP contribution in [0.25, 0.3) is 11.0 Å². The molecule has 1 saturated heterocycles. The number of aromatic nitrogens is 3. The highest BCUT2D eigenvalue weighted by Crippen LogP contribution is 2.52. The largest absolute Gasteiger partial charge is 0.468 e. The number of nitrogens with two attached hydrogens (primary N) is 1. The molecule has 0 saturated carbocycles. The summed E-state index contributed by atoms with van der Waals surface area (Å²) < 4.78 is 36.7. The van der Waals surface area contributed by atoms with Crippen LogP contribution < -0.4 is 5.73 Å². The van der Waals surface area contributed by atoms with Crippen molar-refractivity contribution in [1.82, 2.24) is 14.5 Å². The Labute approximate surface area is 210 Å². The highest BCUT2D eigenvalue weighted by atomic mass is 28.4. The third-order valence-electron chi connectivity index (χ3n) is 7.83. The van der Waals surface area contributed by atoms with Gasteiger partial charge in [-0.1, -0.05) is 54.0 Å². The molecule has 0 unspecified atom stereocenters. The lowest BCUT2D eigenvalue weighted by Gasteiger charge is -2.47. The van der Waals surface area contributed by atoms with E-state index in [1.807, 2.05) is 0 Å². The quantitative estimate of drug-likeness (QED) is 0.387. The van der Waals surface area contributed by atoms with Gasteiger partial charge in [0.1, 0.15) is 24.0 Å². The average molecular weight is 519 g/mol. The molecular weight excluding hydrogens is 479 g/mol. The Morgan fingerprint density at radius 3 is 2.23 bits per heavy atom. The summed E-state index contributed by atoms with van der Waals surface area (Å²) in [7, 11) is -4.85. The maximum Gasteiger partial charge on any atom is 0.219 e. The Kier molecular flexibility index (Phi) is 6.60. The van der Waals surface area contributed by atoms with Gasteiger partial charge in [0.05, 0.1) is 5.39 Å². The van der Waals surface area contributed by atoms with Gasteiger partial charge in [0, 0.05) is 6.20 Å². The van der Waals surface area contributed by atoms with Crippen LogP contribution in [0.3, 0.4) is 0 Å². The van der Waals surface area contributed by atoms with E-state index in [-0.39, 0.29) is 26.9 Å². The minimum Gasteiger partial charge on any atom is -0.468 e. The predicted molar refractivity (Wildman–Crippen MR) is 143 cm³/mol. The standard InChI is InChI=1S/C25H39FN4O3Si2/c1-13-25(33-35(11,12)24(6,7)8)19(32-34(9,10)23(3,4)5)16(2)31-22(25)30-14-17(26)18-20(27)28-15-29-21(18)30/h1,14-15,19,22H,2H2,3-12H3,(H2,27,28,29)/t19-,22-,25-/m1/s1. The second-order valence-corrected chi connectivity index (χ2v) is 21.8. The lowest BCUT2D eigenvalue weighted by atomic mass is 9.97. The van der Waals surface area contributed by atoms with Crippen LogP contribution in [0.4, 0.5) is 10.2 Å². The summed E-state index contributed by atoms with van der Waals surface area (Å²) in [5.41, 5.74) is 4.82. The van der Waals surface area contributed by atoms with Crippen LogP contribution in [0.15, 0.2) is 24.9 Å². The fraction of sp³-hybridized carbons (Fsp3) is 0.600. The molecule has 1 aliphatic heterocycles. The number of fused-ring (bicyclic) bond motifs is 1. The molecule has 2 aromatic rings. The van der Waals surface area contributed by atoms with Gasteiger partial charge in [-0.3, -0.25) is 4.57 Å². The highest BCUT2D eigenvalue weighted by Gasteiger charge is 2.62. The number of halogens is 1. The second kappa shape index (κ2) is 8.44. The van der Waals surface area contributed by atoms with E-state index in [1.54, 1.807) is 0 Å². The minimum atomic E-state index is -2.49. The third-order valence-corrected chi connectivity index (χ3v) is 16.7. The van der Waals surface area contributed by atoms with Crippen molar-refractivity contribution >= 4 is 33.5 Å². The molecule has 7 nitrogen and oxygen atoms in total. The first-order chi connectivity index (χ1) is 15.8. The maximum atomic E-state index is 15.1. The molecule has 0 radical (unpaired) electrons. The second-order valence-electron chi connectivity index (χ2n) is 12.3. The van der Waals surface area contributed by atoms with Gasteiger partial charge in [-0.05, 0) is 36.3 Å². The molecular formula is C25H39FN4O3Si2. The van der Waals surface area contributed by atoms with Crippen molar-refractivity contribution in [2.75, 3.05) is 5.73 Å². The van der Waals surface area contributed by atoms with E-state index in [2.05, 4.69) is 90.2 Å². The molecule has 3 rings (SSSR count). The molecule has 0 aliphatic carbocycles. The Bertz CT molecular complexity index is 1190. The molecule has 0 spiro atoms. The number of terminal acetylenes is 1. The van der Waals surface area contributed by atoms with E-state index in [9.17, 15) is 0 Å². The molecule has 1 aliphatic rings. The van der Waals surface area contributed by atoms with Gasteiger partial charge < -0.3 is 19.3 Å². The number of ether oxygens (including phenoxy) is 1. The van der Waals surface area contributed by atoms with Crippen LogP contribution in [0.2, 0.25) is 36.3 Å². The normalized spacial score (nSPS) is 24.0. The first-order valence-corrected chi connectivity index (χ1v) is 17.6. The highest BCUT2D eigenvalue weighted by molar-refractivity contribution is 6.74. The first kappa shape index (κ1) is 27.4. The van der Waals surface area contributed by atoms with E-state index in [0.717, 1.165) is 0 Å². The van der Waals surface area contributed by atoms with Crippen molar-refractivity contribution in [1.29, 1.82) is 0 Å². The topological polar surface area (TPSA) is 84.4 Å². The van der Waals surface area contributed by atoms with Gasteiger partial charge in [-0.25, -0.2) is 14.4 Å². The van der Waals surface area contributed by atoms with E-state index in [1.165, 1.54) is 17.1 Å². The van der Waals surface area contributed by atoms with Crippen molar-refractivity contribution in [3.8, 4) is 12.3 Å². The number of nitrogens with zero attached hydrogens (tertiary/aromatic N) is 3. The molecule has 10 heteroatoms. The van der Waals surface area contributed by atoms with Crippen molar-refractivity contribution in [3.05, 3.63) is 30.7 Å². The fourth-order valence-corrected chi connectivity index (χ4v) is 6.31. The molecule has 35 heavy (non-hydrogen) atoms. The lowest BCUT2D eigenvalue weighted by molar-refractivity contribution is -0.0504. The summed E-state index contributed by atoms with van der Waals surface area (Å²) >= 11 is 0. The summed E-state index contributed by atoms with van der Waals surface area (Å²) in [4.78, 5) is 8.23. The first-order valence-electron chi connectivity index (χ1n) is 11.8. The summed E-state index contributed by atoms with van der Waals surface area (Å²) in [6.07, 6.45) is 7.15. The van der Waals surface area contributed by atoms with Crippen LogP contribution in [-0.2, 0) is 13.6 Å². The molecule has 192 valence electrons. The Morgan fingerprint density at radius 1 is 1.14 bits per heavy atom. The SMILES string of the molecule is C#C[C@@]1(O[Si](C)(C)C(C)(C)C)[C@H](O[Si](C)(C)C(C)(C)C)C(=C)O[C@H]1n1cc(F)c2c(N)ncnc21. The van der Waals surface area contributed by atoms with Gasteiger partial charge in [0.25, 0.3) is 0 Å². The van der Waals surface area contributed by atoms with Gasteiger partial charge in [-0.15, -0.1) is 6.42 Å². The lowest BCUT2D eigenvalue weighted by Crippen LogP contribution is -2.59. The zero-order valence-electron chi connectivity index (χ0n) is 22.6. The van der Waals surface area contributed by atoms with Crippen LogP contribution in [0.5, 0.6) is 0 Å². The summed E-state index contributed by atoms with van der Waals surface area (Å²) in [6, 6.07) is 0. The molecule has 3 atom stereocenters. The number of anilines is 1. The summed E-state index contributed by atoms with van der Waals surface area (Å²) in [5.74, 6) is 2.72. The smallest absolute Gasteiger partial charge is 0.219 e. The molecule has 2 aromatic heterocycles. The Morgan fingerprint density at radius 2 is 1.71 bits per heavy atom. The molecule has 0 amide bonds. The van der Waals surface area contributed by atoms with Crippen molar-refractivity contribution in [2.45, 2.75) is 95.7 Å². The van der Waals surface area contributed by atoms with Crippen LogP contribution >= 0.6 is 0 Å². The monoisotopic (exact) mass is 518 g/mol. The van der Waals surface area contributed by atoms with Gasteiger partial charge in [0.2, 0.25) is 11.8 Å². The van der Waals surface area contributed by atoms with E-state index >= 15 is 4.39 Å². The predicted octanol–water partition coefficient (Wildman–Crippen LogP) is 5.98. The van der Waals surface area contributed by atoms with Gasteiger partial charge >= 0.3 is 0 Å². The zero-order valence-corrected chi connectivity index (χ0v) is 24.6. The Balaban J connectivity index is 2.27. The number of nitrogen functional groups attached to an aromatic ring is 1. The summed E-state index contributed by atoms with van der Waals surface area (Å²) in [5, 5.41) is -0.159. The number of rotatable bonds is 5. The van der Waals surface area contributed by atoms with E-state index in [0.29, 0.717) is 5.76 Å². The van der Waals surface area contributed by atoms with Gasteiger partial charge in [-0.2, -0.15) is 0 Å². The summed E-state index contributed by atoms with van der Waals surface area (Å²) in [6.45, 7) is 25.5. The van der Waals surface area contributed by atoms with Crippen LogP contribution in [-0.4, -0.2) is 42.9 Å². The molecule has 0 aromatic carbocycles. The van der Waals surface area contributed by atoms with Crippen LogP contribution in [0, 0.1) is 18.2 Å². The van der Waals surface area contributed by atoms with E-state index in [4.69, 9.17) is 25.7 Å². The molecule has 3 heterocycles. The average Bonchev–Trinajstić information content (AvgIpc) is 3.16. The van der Waals surface area contributed by atoms with Crippen molar-refractivity contribution in [3.63, 3.8) is 0 Å².